The Morgan fingerprint density at radius 2 is 2.04 bits per heavy atom. The van der Waals surface area contributed by atoms with E-state index in [1.807, 2.05) is 33.8 Å². The molecule has 0 aliphatic carbocycles. The van der Waals surface area contributed by atoms with E-state index in [1.165, 1.54) is 0 Å². The SMILES string of the molecule is CCNC(=NCC(=O)OC(C)(C)C)N1CCN(Cc2ccon2)CC1.I. The molecular weight excluding hydrogens is 449 g/mol. The van der Waals surface area contributed by atoms with Gasteiger partial charge in [0.1, 0.15) is 18.4 Å². The number of carbonyl (C=O) groups is 1. The Morgan fingerprint density at radius 1 is 1.35 bits per heavy atom. The standard InChI is InChI=1S/C17H29N5O3.HI/c1-5-18-16(19-12-15(23)25-17(2,3)4)22-9-7-21(8-10-22)13-14-6-11-24-20-14;/h6,11H,5,7-10,12-13H2,1-4H3,(H,18,19);1H. The van der Waals surface area contributed by atoms with Crippen molar-refractivity contribution in [3.63, 3.8) is 0 Å². The summed E-state index contributed by atoms with van der Waals surface area (Å²) in [5, 5.41) is 7.21. The molecule has 1 aromatic heterocycles. The third-order valence-electron chi connectivity index (χ3n) is 3.66. The average Bonchev–Trinajstić information content (AvgIpc) is 3.03. The second kappa shape index (κ2) is 10.7. The summed E-state index contributed by atoms with van der Waals surface area (Å²) in [5.74, 6) is 0.446. The van der Waals surface area contributed by atoms with Gasteiger partial charge in [0, 0.05) is 45.3 Å². The molecule has 0 bridgehead atoms. The third-order valence-corrected chi connectivity index (χ3v) is 3.66. The van der Waals surface area contributed by atoms with Crippen molar-refractivity contribution in [3.05, 3.63) is 18.0 Å². The van der Waals surface area contributed by atoms with Crippen LogP contribution in [0.5, 0.6) is 0 Å². The van der Waals surface area contributed by atoms with Gasteiger partial charge in [-0.3, -0.25) is 9.69 Å². The number of ether oxygens (including phenoxy) is 1. The normalized spacial score (nSPS) is 16.2. The molecule has 1 aliphatic heterocycles. The molecule has 1 aliphatic rings. The van der Waals surface area contributed by atoms with Crippen LogP contribution in [0.3, 0.4) is 0 Å². The first-order chi connectivity index (χ1) is 11.9. The second-order valence-electron chi connectivity index (χ2n) is 7.01. The Hall–Kier alpha value is -1.36. The van der Waals surface area contributed by atoms with Crippen LogP contribution in [0.25, 0.3) is 0 Å². The number of halogens is 1. The maximum absolute atomic E-state index is 11.9. The lowest BCUT2D eigenvalue weighted by atomic mass is 10.2. The van der Waals surface area contributed by atoms with Gasteiger partial charge in [-0.05, 0) is 27.7 Å². The van der Waals surface area contributed by atoms with Gasteiger partial charge in [-0.25, -0.2) is 4.99 Å². The monoisotopic (exact) mass is 479 g/mol. The summed E-state index contributed by atoms with van der Waals surface area (Å²) in [5.41, 5.74) is 0.455. The number of nitrogens with one attached hydrogen (secondary N) is 1. The molecule has 0 atom stereocenters. The predicted octanol–water partition coefficient (Wildman–Crippen LogP) is 1.72. The smallest absolute Gasteiger partial charge is 0.328 e. The van der Waals surface area contributed by atoms with Crippen molar-refractivity contribution in [2.75, 3.05) is 39.3 Å². The van der Waals surface area contributed by atoms with Crippen molar-refractivity contribution in [2.45, 2.75) is 39.8 Å². The van der Waals surface area contributed by atoms with Gasteiger partial charge in [0.05, 0.1) is 5.69 Å². The number of rotatable bonds is 5. The van der Waals surface area contributed by atoms with E-state index in [2.05, 4.69) is 25.3 Å². The van der Waals surface area contributed by atoms with Crippen molar-refractivity contribution in [1.29, 1.82) is 0 Å². The van der Waals surface area contributed by atoms with E-state index in [9.17, 15) is 4.79 Å². The summed E-state index contributed by atoms with van der Waals surface area (Å²) >= 11 is 0. The number of carbonyl (C=O) groups excluding carboxylic acids is 1. The lowest BCUT2D eigenvalue weighted by Crippen LogP contribution is -2.52. The van der Waals surface area contributed by atoms with Gasteiger partial charge >= 0.3 is 5.97 Å². The quantitative estimate of drug-likeness (QED) is 0.298. The van der Waals surface area contributed by atoms with E-state index in [-0.39, 0.29) is 36.5 Å². The van der Waals surface area contributed by atoms with E-state index in [4.69, 9.17) is 9.26 Å². The van der Waals surface area contributed by atoms with Gasteiger partial charge in [-0.1, -0.05) is 5.16 Å². The largest absolute Gasteiger partial charge is 0.459 e. The molecule has 2 heterocycles. The lowest BCUT2D eigenvalue weighted by Gasteiger charge is -2.36. The molecule has 0 saturated carbocycles. The molecule has 26 heavy (non-hydrogen) atoms. The highest BCUT2D eigenvalue weighted by Crippen LogP contribution is 2.09. The van der Waals surface area contributed by atoms with Crippen molar-refractivity contribution >= 4 is 35.9 Å². The van der Waals surface area contributed by atoms with Crippen LogP contribution < -0.4 is 5.32 Å². The van der Waals surface area contributed by atoms with Crippen molar-refractivity contribution < 1.29 is 14.1 Å². The van der Waals surface area contributed by atoms with Gasteiger partial charge in [-0.2, -0.15) is 0 Å². The summed E-state index contributed by atoms with van der Waals surface area (Å²) in [6.45, 7) is 12.7. The fraction of sp³-hybridized carbons (Fsp3) is 0.706. The number of guanidine groups is 1. The molecule has 9 heteroatoms. The van der Waals surface area contributed by atoms with Crippen molar-refractivity contribution in [2.24, 2.45) is 4.99 Å². The summed E-state index contributed by atoms with van der Waals surface area (Å²) < 4.78 is 10.2. The van der Waals surface area contributed by atoms with Gasteiger partial charge in [0.2, 0.25) is 0 Å². The molecule has 8 nitrogen and oxygen atoms in total. The van der Waals surface area contributed by atoms with E-state index >= 15 is 0 Å². The molecule has 1 fully saturated rings. The fourth-order valence-corrected chi connectivity index (χ4v) is 2.61. The van der Waals surface area contributed by atoms with Crippen LogP contribution in [0.1, 0.15) is 33.4 Å². The maximum atomic E-state index is 11.9. The van der Waals surface area contributed by atoms with Gasteiger partial charge in [0.25, 0.3) is 0 Å². The van der Waals surface area contributed by atoms with Gasteiger partial charge in [-0.15, -0.1) is 24.0 Å². The number of nitrogens with zero attached hydrogens (tertiary/aromatic N) is 4. The molecule has 148 valence electrons. The third kappa shape index (κ3) is 7.90. The minimum absolute atomic E-state index is 0. The number of piperazine rings is 1. The Balaban J connectivity index is 0.00000338. The zero-order valence-electron chi connectivity index (χ0n) is 16.0. The minimum Gasteiger partial charge on any atom is -0.459 e. The van der Waals surface area contributed by atoms with Gasteiger partial charge in [0.15, 0.2) is 5.96 Å². The van der Waals surface area contributed by atoms with Crippen molar-refractivity contribution in [3.8, 4) is 0 Å². The van der Waals surface area contributed by atoms with Crippen LogP contribution in [0.15, 0.2) is 21.8 Å². The minimum atomic E-state index is -0.488. The van der Waals surface area contributed by atoms with E-state index in [1.54, 1.807) is 6.26 Å². The second-order valence-corrected chi connectivity index (χ2v) is 7.01. The van der Waals surface area contributed by atoms with Crippen LogP contribution in [0.2, 0.25) is 0 Å². The van der Waals surface area contributed by atoms with E-state index in [0.717, 1.165) is 50.9 Å². The molecule has 0 aromatic carbocycles. The molecule has 0 spiro atoms. The maximum Gasteiger partial charge on any atom is 0.328 e. The number of hydrogen-bond donors (Lipinski definition) is 1. The number of hydrogen-bond acceptors (Lipinski definition) is 6. The highest BCUT2D eigenvalue weighted by atomic mass is 127. The summed E-state index contributed by atoms with van der Waals surface area (Å²) in [6, 6.07) is 1.89. The van der Waals surface area contributed by atoms with E-state index in [0.29, 0.717) is 0 Å². The Morgan fingerprint density at radius 3 is 2.58 bits per heavy atom. The van der Waals surface area contributed by atoms with Crippen LogP contribution in [-0.2, 0) is 16.1 Å². The first-order valence-corrected chi connectivity index (χ1v) is 8.74. The average molecular weight is 479 g/mol. The summed E-state index contributed by atoms with van der Waals surface area (Å²) in [6.07, 6.45) is 1.60. The highest BCUT2D eigenvalue weighted by Gasteiger charge is 2.21. The number of esters is 1. The number of aliphatic imine (C=N–C) groups is 1. The van der Waals surface area contributed by atoms with Crippen molar-refractivity contribution in [1.82, 2.24) is 20.3 Å². The summed E-state index contributed by atoms with van der Waals surface area (Å²) in [7, 11) is 0. The first kappa shape index (κ1) is 22.7. The highest BCUT2D eigenvalue weighted by molar-refractivity contribution is 14.0. The lowest BCUT2D eigenvalue weighted by molar-refractivity contribution is -0.152. The van der Waals surface area contributed by atoms with Crippen LogP contribution >= 0.6 is 24.0 Å². The molecule has 1 saturated heterocycles. The molecule has 0 radical (unpaired) electrons. The molecule has 1 aromatic rings. The predicted molar refractivity (Wildman–Crippen MR) is 111 cm³/mol. The zero-order chi connectivity index (χ0) is 18.3. The molecule has 0 amide bonds. The Labute approximate surface area is 172 Å². The van der Waals surface area contributed by atoms with Crippen LogP contribution in [-0.4, -0.2) is 71.8 Å². The molecule has 1 N–H and O–H groups in total. The Bertz CT molecular complexity index is 563. The van der Waals surface area contributed by atoms with Crippen LogP contribution in [0.4, 0.5) is 0 Å². The zero-order valence-corrected chi connectivity index (χ0v) is 18.4. The van der Waals surface area contributed by atoms with E-state index < -0.39 is 5.60 Å². The molecule has 0 unspecified atom stereocenters. The molecule has 2 rings (SSSR count). The topological polar surface area (TPSA) is 83.2 Å². The first-order valence-electron chi connectivity index (χ1n) is 8.74. The molecular formula is C17H30IN5O3. The van der Waals surface area contributed by atoms with Crippen LogP contribution in [0, 0.1) is 0 Å². The van der Waals surface area contributed by atoms with Gasteiger partial charge < -0.3 is 19.5 Å². The Kier molecular flexibility index (Phi) is 9.34. The summed E-state index contributed by atoms with van der Waals surface area (Å²) in [4.78, 5) is 20.8. The number of aromatic nitrogens is 1. The fourth-order valence-electron chi connectivity index (χ4n) is 2.61.